The molecule has 0 aliphatic rings. The van der Waals surface area contributed by atoms with Crippen molar-refractivity contribution in [1.82, 2.24) is 0 Å². The molecule has 0 radical (unpaired) electrons. The average molecular weight is 324 g/mol. The molecule has 2 aromatic carbocycles. The van der Waals surface area contributed by atoms with Crippen LogP contribution in [-0.4, -0.2) is 12.6 Å². The van der Waals surface area contributed by atoms with Gasteiger partial charge < -0.3 is 10.1 Å². The van der Waals surface area contributed by atoms with Crippen LogP contribution in [0, 0.1) is 5.82 Å². The van der Waals surface area contributed by atoms with Gasteiger partial charge in [-0.2, -0.15) is 0 Å². The van der Waals surface area contributed by atoms with Crippen molar-refractivity contribution in [1.29, 1.82) is 0 Å². The van der Waals surface area contributed by atoms with Gasteiger partial charge in [0.15, 0.2) is 0 Å². The summed E-state index contributed by atoms with van der Waals surface area (Å²) in [6.45, 7) is 2.58. The van der Waals surface area contributed by atoms with E-state index in [4.69, 9.17) is 4.74 Å². The maximum Gasteiger partial charge on any atom is 0.136 e. The molecular formula is C15H15BrFNO. The molecule has 2 rings (SSSR count). The second kappa shape index (κ2) is 6.57. The summed E-state index contributed by atoms with van der Waals surface area (Å²) in [5.74, 6) is 0.212. The van der Waals surface area contributed by atoms with E-state index in [1.54, 1.807) is 6.07 Å². The topological polar surface area (TPSA) is 21.3 Å². The number of benzene rings is 2. The fraction of sp³-hybridized carbons (Fsp3) is 0.200. The van der Waals surface area contributed by atoms with Gasteiger partial charge in [-0.25, -0.2) is 4.39 Å². The predicted octanol–water partition coefficient (Wildman–Crippen LogP) is 4.47. The number of hydrogen-bond acceptors (Lipinski definition) is 2. The molecule has 2 aromatic rings. The molecular weight excluding hydrogens is 309 g/mol. The van der Waals surface area contributed by atoms with E-state index < -0.39 is 0 Å². The van der Waals surface area contributed by atoms with Gasteiger partial charge in [-0.15, -0.1) is 0 Å². The number of rotatable bonds is 5. The van der Waals surface area contributed by atoms with Gasteiger partial charge in [-0.1, -0.05) is 18.2 Å². The number of halogens is 2. The maximum absolute atomic E-state index is 13.1. The van der Waals surface area contributed by atoms with E-state index in [0.29, 0.717) is 12.3 Å². The molecule has 0 saturated carbocycles. The van der Waals surface area contributed by atoms with E-state index in [0.717, 1.165) is 10.2 Å². The van der Waals surface area contributed by atoms with Crippen molar-refractivity contribution in [3.63, 3.8) is 0 Å². The van der Waals surface area contributed by atoms with Crippen LogP contribution in [0.3, 0.4) is 0 Å². The minimum absolute atomic E-state index is 0.0710. The largest absolute Gasteiger partial charge is 0.488 e. The summed E-state index contributed by atoms with van der Waals surface area (Å²) < 4.78 is 19.6. The Hall–Kier alpha value is -1.55. The van der Waals surface area contributed by atoms with Crippen LogP contribution in [0.15, 0.2) is 53.0 Å². The normalized spacial score (nSPS) is 11.9. The first-order valence-electron chi connectivity index (χ1n) is 6.06. The summed E-state index contributed by atoms with van der Waals surface area (Å²) in [6.07, 6.45) is -0.0710. The van der Waals surface area contributed by atoms with E-state index in [1.807, 2.05) is 37.3 Å². The number of ether oxygens (including phenoxy) is 1. The SMILES string of the molecule is CC(CNc1ccccc1)Oc1cc(F)ccc1Br. The molecule has 0 heterocycles. The first kappa shape index (κ1) is 13.9. The maximum atomic E-state index is 13.1. The van der Waals surface area contributed by atoms with E-state index in [2.05, 4.69) is 21.2 Å². The Bertz CT molecular complexity index is 533. The lowest BCUT2D eigenvalue weighted by Gasteiger charge is -2.17. The fourth-order valence-corrected chi connectivity index (χ4v) is 1.98. The third kappa shape index (κ3) is 4.24. The summed E-state index contributed by atoms with van der Waals surface area (Å²) in [4.78, 5) is 0. The Kier molecular flexibility index (Phi) is 4.80. The van der Waals surface area contributed by atoms with Crippen LogP contribution in [0.25, 0.3) is 0 Å². The van der Waals surface area contributed by atoms with Gasteiger partial charge in [-0.3, -0.25) is 0 Å². The second-order valence-corrected chi connectivity index (χ2v) is 5.10. The van der Waals surface area contributed by atoms with Crippen molar-refractivity contribution < 1.29 is 9.13 Å². The monoisotopic (exact) mass is 323 g/mol. The Balaban J connectivity index is 1.90. The molecule has 0 amide bonds. The van der Waals surface area contributed by atoms with Gasteiger partial charge in [0.25, 0.3) is 0 Å². The standard InChI is InChI=1S/C15H15BrFNO/c1-11(10-18-13-5-3-2-4-6-13)19-15-9-12(17)7-8-14(15)16/h2-9,11,18H,10H2,1H3. The van der Waals surface area contributed by atoms with E-state index in [-0.39, 0.29) is 11.9 Å². The van der Waals surface area contributed by atoms with Crippen molar-refractivity contribution in [3.8, 4) is 5.75 Å². The van der Waals surface area contributed by atoms with Crippen LogP contribution in [0.4, 0.5) is 10.1 Å². The van der Waals surface area contributed by atoms with Crippen molar-refractivity contribution in [3.05, 3.63) is 58.8 Å². The molecule has 0 bridgehead atoms. The molecule has 2 nitrogen and oxygen atoms in total. The molecule has 19 heavy (non-hydrogen) atoms. The lowest BCUT2D eigenvalue weighted by atomic mass is 10.3. The zero-order valence-electron chi connectivity index (χ0n) is 10.6. The third-order valence-electron chi connectivity index (χ3n) is 2.59. The van der Waals surface area contributed by atoms with E-state index in [1.165, 1.54) is 12.1 Å². The Morgan fingerprint density at radius 2 is 1.95 bits per heavy atom. The first-order chi connectivity index (χ1) is 9.15. The fourth-order valence-electron chi connectivity index (χ4n) is 1.64. The molecule has 0 aromatic heterocycles. The first-order valence-corrected chi connectivity index (χ1v) is 6.85. The average Bonchev–Trinajstić information content (AvgIpc) is 2.42. The second-order valence-electron chi connectivity index (χ2n) is 4.25. The molecule has 0 aliphatic heterocycles. The predicted molar refractivity (Wildman–Crippen MR) is 79.1 cm³/mol. The van der Waals surface area contributed by atoms with Crippen molar-refractivity contribution in [2.24, 2.45) is 0 Å². The third-order valence-corrected chi connectivity index (χ3v) is 3.24. The highest BCUT2D eigenvalue weighted by atomic mass is 79.9. The van der Waals surface area contributed by atoms with Gasteiger partial charge in [0.1, 0.15) is 17.7 Å². The molecule has 1 unspecified atom stereocenters. The Morgan fingerprint density at radius 3 is 2.68 bits per heavy atom. The van der Waals surface area contributed by atoms with Gasteiger partial charge >= 0.3 is 0 Å². The highest BCUT2D eigenvalue weighted by Crippen LogP contribution is 2.26. The van der Waals surface area contributed by atoms with Crippen molar-refractivity contribution in [2.45, 2.75) is 13.0 Å². The number of para-hydroxylation sites is 1. The minimum atomic E-state index is -0.304. The van der Waals surface area contributed by atoms with Crippen molar-refractivity contribution >= 4 is 21.6 Å². The van der Waals surface area contributed by atoms with Crippen LogP contribution in [0.5, 0.6) is 5.75 Å². The molecule has 0 spiro atoms. The van der Waals surface area contributed by atoms with Gasteiger partial charge in [0.05, 0.1) is 11.0 Å². The smallest absolute Gasteiger partial charge is 0.136 e. The van der Waals surface area contributed by atoms with Crippen LogP contribution in [0.1, 0.15) is 6.92 Å². The Labute approximate surface area is 120 Å². The Morgan fingerprint density at radius 1 is 1.21 bits per heavy atom. The lowest BCUT2D eigenvalue weighted by Crippen LogP contribution is -2.22. The van der Waals surface area contributed by atoms with E-state index in [9.17, 15) is 4.39 Å². The molecule has 0 fully saturated rings. The molecule has 0 saturated heterocycles. The molecule has 1 N–H and O–H groups in total. The van der Waals surface area contributed by atoms with E-state index >= 15 is 0 Å². The summed E-state index contributed by atoms with van der Waals surface area (Å²) in [5.41, 5.74) is 1.04. The van der Waals surface area contributed by atoms with Crippen molar-refractivity contribution in [2.75, 3.05) is 11.9 Å². The zero-order chi connectivity index (χ0) is 13.7. The minimum Gasteiger partial charge on any atom is -0.488 e. The number of anilines is 1. The highest BCUT2D eigenvalue weighted by Gasteiger charge is 2.08. The summed E-state index contributed by atoms with van der Waals surface area (Å²) in [5, 5.41) is 3.26. The van der Waals surface area contributed by atoms with Crippen LogP contribution in [0.2, 0.25) is 0 Å². The molecule has 4 heteroatoms. The van der Waals surface area contributed by atoms with Gasteiger partial charge in [0.2, 0.25) is 0 Å². The van der Waals surface area contributed by atoms with Gasteiger partial charge in [0, 0.05) is 11.8 Å². The number of hydrogen-bond donors (Lipinski definition) is 1. The lowest BCUT2D eigenvalue weighted by molar-refractivity contribution is 0.232. The summed E-state index contributed by atoms with van der Waals surface area (Å²) in [7, 11) is 0. The summed E-state index contributed by atoms with van der Waals surface area (Å²) in [6, 6.07) is 14.3. The molecule has 0 aliphatic carbocycles. The van der Waals surface area contributed by atoms with Crippen LogP contribution in [-0.2, 0) is 0 Å². The molecule has 1 atom stereocenters. The van der Waals surface area contributed by atoms with Gasteiger partial charge in [-0.05, 0) is 47.1 Å². The summed E-state index contributed by atoms with van der Waals surface area (Å²) >= 11 is 3.34. The molecule has 100 valence electrons. The van der Waals surface area contributed by atoms with Crippen LogP contribution >= 0.6 is 15.9 Å². The highest BCUT2D eigenvalue weighted by molar-refractivity contribution is 9.10. The number of nitrogens with one attached hydrogen (secondary N) is 1. The zero-order valence-corrected chi connectivity index (χ0v) is 12.2. The van der Waals surface area contributed by atoms with Crippen LogP contribution < -0.4 is 10.1 Å². The quantitative estimate of drug-likeness (QED) is 0.876.